The van der Waals surface area contributed by atoms with E-state index in [0.29, 0.717) is 11.3 Å². The van der Waals surface area contributed by atoms with Gasteiger partial charge in [-0.25, -0.2) is 0 Å². The Labute approximate surface area is 139 Å². The fraction of sp³-hybridized carbons (Fsp3) is 0.333. The van der Waals surface area contributed by atoms with Gasteiger partial charge >= 0.3 is 0 Å². The van der Waals surface area contributed by atoms with Crippen LogP contribution in [0.3, 0.4) is 0 Å². The van der Waals surface area contributed by atoms with E-state index in [9.17, 15) is 9.59 Å². The molecule has 0 atom stereocenters. The van der Waals surface area contributed by atoms with Crippen LogP contribution in [0.15, 0.2) is 30.3 Å². The van der Waals surface area contributed by atoms with Crippen LogP contribution >= 0.6 is 11.3 Å². The minimum atomic E-state index is -0.471. The molecule has 3 N–H and O–H groups in total. The fourth-order valence-corrected chi connectivity index (χ4v) is 4.02. The third kappa shape index (κ3) is 3.79. The molecule has 1 aliphatic carbocycles. The van der Waals surface area contributed by atoms with Crippen molar-refractivity contribution in [3.05, 3.63) is 51.2 Å². The zero-order chi connectivity index (χ0) is 16.2. The summed E-state index contributed by atoms with van der Waals surface area (Å²) < 4.78 is 0. The van der Waals surface area contributed by atoms with Gasteiger partial charge in [-0.3, -0.25) is 9.59 Å². The molecule has 0 spiro atoms. The van der Waals surface area contributed by atoms with E-state index in [0.717, 1.165) is 17.7 Å². The van der Waals surface area contributed by atoms with Gasteiger partial charge in [0.05, 0.1) is 4.88 Å². The van der Waals surface area contributed by atoms with E-state index in [1.165, 1.54) is 36.1 Å². The van der Waals surface area contributed by atoms with Gasteiger partial charge in [0.1, 0.15) is 0 Å². The molecule has 2 aromatic rings. The maximum Gasteiger partial charge on any atom is 0.265 e. The van der Waals surface area contributed by atoms with Crippen LogP contribution < -0.4 is 11.1 Å². The van der Waals surface area contributed by atoms with Crippen LogP contribution in [0.4, 0.5) is 5.69 Å². The van der Waals surface area contributed by atoms with Crippen molar-refractivity contribution in [2.45, 2.75) is 38.5 Å². The Bertz CT molecular complexity index is 694. The number of primary amides is 1. The number of aryl methyl sites for hydroxylation is 2. The predicted molar refractivity (Wildman–Crippen MR) is 93.1 cm³/mol. The lowest BCUT2D eigenvalue weighted by atomic mass is 10.00. The van der Waals surface area contributed by atoms with E-state index < -0.39 is 5.91 Å². The number of hydrogen-bond acceptors (Lipinski definition) is 3. The van der Waals surface area contributed by atoms with Crippen LogP contribution in [-0.4, -0.2) is 11.8 Å². The van der Waals surface area contributed by atoms with Gasteiger partial charge in [0.2, 0.25) is 5.91 Å². The van der Waals surface area contributed by atoms with E-state index in [-0.39, 0.29) is 5.91 Å². The Kier molecular flexibility index (Phi) is 4.76. The number of amides is 2. The maximum atomic E-state index is 12.4. The number of thiophene rings is 1. The third-order valence-corrected chi connectivity index (χ3v) is 5.38. The average molecular weight is 328 g/mol. The van der Waals surface area contributed by atoms with Gasteiger partial charge in [-0.1, -0.05) is 12.8 Å². The summed E-state index contributed by atoms with van der Waals surface area (Å²) in [6, 6.07) is 8.67. The van der Waals surface area contributed by atoms with Gasteiger partial charge in [0.15, 0.2) is 0 Å². The average Bonchev–Trinajstić information content (AvgIpc) is 2.90. The zero-order valence-corrected chi connectivity index (χ0v) is 13.7. The Morgan fingerprint density at radius 2 is 1.70 bits per heavy atom. The Morgan fingerprint density at radius 1 is 1.00 bits per heavy atom. The standard InChI is InChI=1S/C18H20N2O2S/c19-17(21)12-7-9-14(10-8-12)20-18(22)16-11-13-5-3-1-2-4-6-15(13)23-16/h7-11H,1-6H2,(H2,19,21)(H,20,22). The normalized spacial score (nSPS) is 14.4. The van der Waals surface area contributed by atoms with Crippen LogP contribution in [-0.2, 0) is 12.8 Å². The minimum absolute atomic E-state index is 0.0893. The molecule has 0 saturated carbocycles. The number of nitrogens with two attached hydrogens (primary N) is 1. The molecule has 4 nitrogen and oxygen atoms in total. The van der Waals surface area contributed by atoms with Crippen molar-refractivity contribution in [1.29, 1.82) is 0 Å². The van der Waals surface area contributed by atoms with Crippen LogP contribution in [0.2, 0.25) is 0 Å². The highest BCUT2D eigenvalue weighted by Crippen LogP contribution is 2.29. The van der Waals surface area contributed by atoms with Crippen LogP contribution in [0.1, 0.15) is 56.2 Å². The molecule has 0 unspecified atom stereocenters. The van der Waals surface area contributed by atoms with Crippen molar-refractivity contribution < 1.29 is 9.59 Å². The molecule has 0 bridgehead atoms. The van der Waals surface area contributed by atoms with Crippen LogP contribution in [0, 0.1) is 0 Å². The summed E-state index contributed by atoms with van der Waals surface area (Å²) in [4.78, 5) is 25.6. The highest BCUT2D eigenvalue weighted by molar-refractivity contribution is 7.14. The lowest BCUT2D eigenvalue weighted by Gasteiger charge is -2.07. The summed E-state index contributed by atoms with van der Waals surface area (Å²) in [5, 5.41) is 2.88. The predicted octanol–water partition coefficient (Wildman–Crippen LogP) is 3.76. The highest BCUT2D eigenvalue weighted by atomic mass is 32.1. The molecule has 1 aliphatic rings. The van der Waals surface area contributed by atoms with E-state index in [4.69, 9.17) is 5.73 Å². The number of carbonyl (C=O) groups excluding carboxylic acids is 2. The molecular formula is C18H20N2O2S. The lowest BCUT2D eigenvalue weighted by Crippen LogP contribution is -2.12. The summed E-state index contributed by atoms with van der Waals surface area (Å²) in [5.41, 5.74) is 7.65. The van der Waals surface area contributed by atoms with Gasteiger partial charge in [-0.2, -0.15) is 0 Å². The van der Waals surface area contributed by atoms with Crippen LogP contribution in [0.5, 0.6) is 0 Å². The summed E-state index contributed by atoms with van der Waals surface area (Å²) in [7, 11) is 0. The Balaban J connectivity index is 1.72. The third-order valence-electron chi connectivity index (χ3n) is 4.15. The summed E-state index contributed by atoms with van der Waals surface area (Å²) in [6.07, 6.45) is 7.14. The molecule has 1 aromatic heterocycles. The van der Waals surface area contributed by atoms with E-state index >= 15 is 0 Å². The molecule has 5 heteroatoms. The number of hydrogen-bond donors (Lipinski definition) is 2. The maximum absolute atomic E-state index is 12.4. The van der Waals surface area contributed by atoms with Gasteiger partial charge in [0.25, 0.3) is 5.91 Å². The molecule has 0 saturated heterocycles. The molecule has 0 radical (unpaired) electrons. The van der Waals surface area contributed by atoms with Crippen molar-refractivity contribution in [2.75, 3.05) is 5.32 Å². The van der Waals surface area contributed by atoms with E-state index in [2.05, 4.69) is 5.32 Å². The minimum Gasteiger partial charge on any atom is -0.366 e. The monoisotopic (exact) mass is 328 g/mol. The number of benzene rings is 1. The first kappa shape index (κ1) is 15.7. The Hall–Kier alpha value is -2.14. The van der Waals surface area contributed by atoms with Gasteiger partial charge in [-0.05, 0) is 61.6 Å². The first-order valence-corrected chi connectivity index (χ1v) is 8.78. The highest BCUT2D eigenvalue weighted by Gasteiger charge is 2.16. The second-order valence-electron chi connectivity index (χ2n) is 5.87. The lowest BCUT2D eigenvalue weighted by molar-refractivity contribution is 0.0998. The first-order valence-electron chi connectivity index (χ1n) is 7.96. The Morgan fingerprint density at radius 3 is 2.39 bits per heavy atom. The molecule has 0 fully saturated rings. The SMILES string of the molecule is NC(=O)c1ccc(NC(=O)c2cc3c(s2)CCCCCC3)cc1. The van der Waals surface area contributed by atoms with Crippen molar-refractivity contribution in [3.8, 4) is 0 Å². The number of carbonyl (C=O) groups is 2. The second-order valence-corrected chi connectivity index (χ2v) is 7.01. The molecule has 2 amide bonds. The molecule has 120 valence electrons. The van der Waals surface area contributed by atoms with Crippen molar-refractivity contribution in [1.82, 2.24) is 0 Å². The number of anilines is 1. The number of fused-ring (bicyclic) bond motifs is 1. The van der Waals surface area contributed by atoms with Crippen molar-refractivity contribution in [3.63, 3.8) is 0 Å². The quantitative estimate of drug-likeness (QED) is 0.900. The summed E-state index contributed by atoms with van der Waals surface area (Å²) in [5.74, 6) is -0.561. The zero-order valence-electron chi connectivity index (χ0n) is 12.9. The van der Waals surface area contributed by atoms with E-state index in [1.807, 2.05) is 6.07 Å². The molecule has 1 heterocycles. The molecular weight excluding hydrogens is 308 g/mol. The molecule has 0 aliphatic heterocycles. The number of nitrogens with one attached hydrogen (secondary N) is 1. The van der Waals surface area contributed by atoms with Crippen molar-refractivity contribution in [2.24, 2.45) is 5.73 Å². The fourth-order valence-electron chi connectivity index (χ4n) is 2.87. The topological polar surface area (TPSA) is 72.2 Å². The molecule has 23 heavy (non-hydrogen) atoms. The first-order chi connectivity index (χ1) is 11.1. The molecule has 3 rings (SSSR count). The summed E-state index contributed by atoms with van der Waals surface area (Å²) >= 11 is 1.61. The van der Waals surface area contributed by atoms with Crippen LogP contribution in [0.25, 0.3) is 0 Å². The molecule has 1 aromatic carbocycles. The van der Waals surface area contributed by atoms with Crippen molar-refractivity contribution >= 4 is 28.8 Å². The summed E-state index contributed by atoms with van der Waals surface area (Å²) in [6.45, 7) is 0. The largest absolute Gasteiger partial charge is 0.366 e. The number of rotatable bonds is 3. The van der Waals surface area contributed by atoms with Gasteiger partial charge in [-0.15, -0.1) is 11.3 Å². The second kappa shape index (κ2) is 6.96. The smallest absolute Gasteiger partial charge is 0.265 e. The van der Waals surface area contributed by atoms with Gasteiger partial charge < -0.3 is 11.1 Å². The van der Waals surface area contributed by atoms with E-state index in [1.54, 1.807) is 35.6 Å². The van der Waals surface area contributed by atoms with Gasteiger partial charge in [0, 0.05) is 16.1 Å².